The highest BCUT2D eigenvalue weighted by Crippen LogP contribution is 2.21. The molecular weight excluding hydrogens is 156 g/mol. The van der Waals surface area contributed by atoms with Gasteiger partial charge in [-0.2, -0.15) is 0 Å². The first-order valence-electron chi connectivity index (χ1n) is 3.18. The van der Waals surface area contributed by atoms with Crippen molar-refractivity contribution in [3.8, 4) is 10.4 Å². The van der Waals surface area contributed by atoms with Gasteiger partial charge in [-0.05, 0) is 17.7 Å². The van der Waals surface area contributed by atoms with Crippen molar-refractivity contribution in [1.29, 1.82) is 0 Å². The second-order valence-corrected chi connectivity index (χ2v) is 2.93. The third kappa shape index (κ3) is 1.28. The summed E-state index contributed by atoms with van der Waals surface area (Å²) < 4.78 is 0. The van der Waals surface area contributed by atoms with Gasteiger partial charge in [0.15, 0.2) is 0 Å². The molecule has 0 fully saturated rings. The van der Waals surface area contributed by atoms with Crippen LogP contribution in [-0.4, -0.2) is 9.97 Å². The summed E-state index contributed by atoms with van der Waals surface area (Å²) in [6.45, 7) is 0. The fraction of sp³-hybridized carbons (Fsp3) is 0. The number of hydrogen-bond acceptors (Lipinski definition) is 3. The zero-order valence-electron chi connectivity index (χ0n) is 5.69. The molecule has 0 unspecified atom stereocenters. The maximum Gasteiger partial charge on any atom is 0.0892 e. The Morgan fingerprint density at radius 2 is 2.45 bits per heavy atom. The van der Waals surface area contributed by atoms with Crippen molar-refractivity contribution in [1.82, 2.24) is 9.97 Å². The lowest BCUT2D eigenvalue weighted by Gasteiger charge is -1.91. The van der Waals surface area contributed by atoms with Crippen LogP contribution in [0.4, 0.5) is 0 Å². The standard InChI is InChI=1S/C8H5N2S/c1-3-9-4-2-7(1)8-5-10-6-11-8/h1-3,5-6H. The maximum atomic E-state index is 3.98. The SMILES string of the molecule is [c]1cc(-c2cncs2)ccn1. The number of hydrogen-bond donors (Lipinski definition) is 0. The Bertz CT molecular complexity index is 315. The molecule has 0 aliphatic rings. The summed E-state index contributed by atoms with van der Waals surface area (Å²) in [6, 6.07) is 3.80. The van der Waals surface area contributed by atoms with E-state index >= 15 is 0 Å². The van der Waals surface area contributed by atoms with E-state index in [4.69, 9.17) is 0 Å². The quantitative estimate of drug-likeness (QED) is 0.639. The van der Waals surface area contributed by atoms with Gasteiger partial charge >= 0.3 is 0 Å². The van der Waals surface area contributed by atoms with Crippen molar-refractivity contribution in [2.75, 3.05) is 0 Å². The maximum absolute atomic E-state index is 3.98. The smallest absolute Gasteiger partial charge is 0.0892 e. The van der Waals surface area contributed by atoms with Gasteiger partial charge in [-0.1, -0.05) is 0 Å². The number of thiazole rings is 1. The molecule has 3 heteroatoms. The van der Waals surface area contributed by atoms with E-state index in [1.165, 1.54) is 0 Å². The van der Waals surface area contributed by atoms with E-state index < -0.39 is 0 Å². The number of aromatic nitrogens is 2. The zero-order chi connectivity index (χ0) is 7.52. The molecule has 0 N–H and O–H groups in total. The van der Waals surface area contributed by atoms with Crippen LogP contribution in [0.1, 0.15) is 0 Å². The molecular formula is C8H5N2S. The summed E-state index contributed by atoms with van der Waals surface area (Å²) in [5.74, 6) is 0. The largest absolute Gasteiger partial charge is 0.255 e. The van der Waals surface area contributed by atoms with Gasteiger partial charge in [0.2, 0.25) is 0 Å². The fourth-order valence-corrected chi connectivity index (χ4v) is 1.45. The minimum atomic E-state index is 1.13. The number of pyridine rings is 1. The van der Waals surface area contributed by atoms with E-state index in [-0.39, 0.29) is 0 Å². The van der Waals surface area contributed by atoms with Crippen LogP contribution >= 0.6 is 11.3 Å². The molecule has 2 rings (SSSR count). The van der Waals surface area contributed by atoms with Crippen molar-refractivity contribution >= 4 is 11.3 Å². The summed E-state index contributed by atoms with van der Waals surface area (Å²) >= 11 is 1.62. The minimum absolute atomic E-state index is 1.13. The molecule has 0 atom stereocenters. The third-order valence-corrected chi connectivity index (χ3v) is 2.16. The molecule has 11 heavy (non-hydrogen) atoms. The first-order chi connectivity index (χ1) is 5.47. The van der Waals surface area contributed by atoms with Crippen molar-refractivity contribution in [2.24, 2.45) is 0 Å². The molecule has 0 saturated carbocycles. The fourth-order valence-electron chi connectivity index (χ4n) is 0.827. The molecule has 0 bridgehead atoms. The highest BCUT2D eigenvalue weighted by atomic mass is 32.1. The van der Waals surface area contributed by atoms with Gasteiger partial charge in [0.1, 0.15) is 0 Å². The zero-order valence-corrected chi connectivity index (χ0v) is 6.51. The molecule has 0 aromatic carbocycles. The summed E-state index contributed by atoms with van der Waals surface area (Å²) in [4.78, 5) is 8.95. The van der Waals surface area contributed by atoms with Crippen LogP contribution in [-0.2, 0) is 0 Å². The normalized spacial score (nSPS) is 9.82. The molecule has 2 nitrogen and oxygen atoms in total. The van der Waals surface area contributed by atoms with Crippen LogP contribution in [0.15, 0.2) is 30.0 Å². The average Bonchev–Trinajstić information content (AvgIpc) is 2.58. The lowest BCUT2D eigenvalue weighted by molar-refractivity contribution is 1.31. The van der Waals surface area contributed by atoms with E-state index in [1.807, 2.05) is 23.8 Å². The van der Waals surface area contributed by atoms with E-state index in [2.05, 4.69) is 16.2 Å². The Morgan fingerprint density at radius 3 is 3.09 bits per heavy atom. The predicted octanol–water partition coefficient (Wildman–Crippen LogP) is 2.01. The number of nitrogens with zero attached hydrogens (tertiary/aromatic N) is 2. The van der Waals surface area contributed by atoms with Gasteiger partial charge in [0.25, 0.3) is 0 Å². The summed E-state index contributed by atoms with van der Waals surface area (Å²) in [5.41, 5.74) is 2.94. The van der Waals surface area contributed by atoms with E-state index in [0.29, 0.717) is 0 Å². The molecule has 2 aromatic heterocycles. The van der Waals surface area contributed by atoms with Gasteiger partial charge in [-0.25, -0.2) is 0 Å². The molecule has 53 valence electrons. The van der Waals surface area contributed by atoms with E-state index in [1.54, 1.807) is 17.5 Å². The summed E-state index contributed by atoms with van der Waals surface area (Å²) in [6.07, 6.45) is 6.35. The Morgan fingerprint density at radius 1 is 1.45 bits per heavy atom. The van der Waals surface area contributed by atoms with Gasteiger partial charge in [0.05, 0.1) is 16.6 Å². The molecule has 0 aliphatic carbocycles. The average molecular weight is 161 g/mol. The molecule has 0 amide bonds. The Kier molecular flexibility index (Phi) is 1.65. The van der Waals surface area contributed by atoms with Crippen LogP contribution < -0.4 is 0 Å². The number of rotatable bonds is 1. The van der Waals surface area contributed by atoms with Gasteiger partial charge in [-0.15, -0.1) is 11.3 Å². The Hall–Kier alpha value is -1.22. The minimum Gasteiger partial charge on any atom is -0.255 e. The Balaban J connectivity index is 2.46. The van der Waals surface area contributed by atoms with E-state index in [9.17, 15) is 0 Å². The molecule has 2 heterocycles. The van der Waals surface area contributed by atoms with Gasteiger partial charge < -0.3 is 0 Å². The second kappa shape index (κ2) is 2.80. The monoisotopic (exact) mass is 161 g/mol. The van der Waals surface area contributed by atoms with Gasteiger partial charge in [-0.3, -0.25) is 9.97 Å². The van der Waals surface area contributed by atoms with Crippen molar-refractivity contribution in [2.45, 2.75) is 0 Å². The predicted molar refractivity (Wildman–Crippen MR) is 44.2 cm³/mol. The molecule has 0 saturated heterocycles. The van der Waals surface area contributed by atoms with Crippen LogP contribution in [0.3, 0.4) is 0 Å². The first kappa shape index (κ1) is 6.49. The van der Waals surface area contributed by atoms with Gasteiger partial charge in [0, 0.05) is 12.4 Å². The van der Waals surface area contributed by atoms with Crippen molar-refractivity contribution in [3.63, 3.8) is 0 Å². The lowest BCUT2D eigenvalue weighted by atomic mass is 10.2. The van der Waals surface area contributed by atoms with E-state index in [0.717, 1.165) is 10.4 Å². The van der Waals surface area contributed by atoms with Crippen LogP contribution in [0.5, 0.6) is 0 Å². The highest BCUT2D eigenvalue weighted by Gasteiger charge is 1.95. The Labute approximate surface area is 68.6 Å². The topological polar surface area (TPSA) is 25.8 Å². The first-order valence-corrected chi connectivity index (χ1v) is 4.06. The molecule has 1 radical (unpaired) electrons. The highest BCUT2D eigenvalue weighted by molar-refractivity contribution is 7.13. The molecule has 0 spiro atoms. The third-order valence-electron chi connectivity index (χ3n) is 1.34. The van der Waals surface area contributed by atoms with Crippen LogP contribution in [0, 0.1) is 6.20 Å². The lowest BCUT2D eigenvalue weighted by Crippen LogP contribution is -1.72. The molecule has 0 aliphatic heterocycles. The van der Waals surface area contributed by atoms with Crippen molar-refractivity contribution in [3.05, 3.63) is 36.2 Å². The summed E-state index contributed by atoms with van der Waals surface area (Å²) in [7, 11) is 0. The van der Waals surface area contributed by atoms with Crippen LogP contribution in [0.2, 0.25) is 0 Å². The van der Waals surface area contributed by atoms with Crippen molar-refractivity contribution < 1.29 is 0 Å². The van der Waals surface area contributed by atoms with Crippen LogP contribution in [0.25, 0.3) is 10.4 Å². The molecule has 2 aromatic rings. The second-order valence-electron chi connectivity index (χ2n) is 2.04. The summed E-state index contributed by atoms with van der Waals surface area (Å²) in [5, 5.41) is 0.